The summed E-state index contributed by atoms with van der Waals surface area (Å²) in [5.41, 5.74) is 2.81. The Morgan fingerprint density at radius 1 is 1.18 bits per heavy atom. The Hall–Kier alpha value is -3.17. The lowest BCUT2D eigenvalue weighted by atomic mass is 10.1. The summed E-state index contributed by atoms with van der Waals surface area (Å²) >= 11 is 0. The number of anilines is 2. The van der Waals surface area contributed by atoms with Crippen molar-refractivity contribution in [2.75, 3.05) is 24.3 Å². The Bertz CT molecular complexity index is 1040. The van der Waals surface area contributed by atoms with Crippen LogP contribution in [-0.2, 0) is 17.4 Å². The average Bonchev–Trinajstić information content (AvgIpc) is 3.03. The van der Waals surface area contributed by atoms with Crippen LogP contribution in [0.3, 0.4) is 0 Å². The maximum atomic E-state index is 12.9. The summed E-state index contributed by atoms with van der Waals surface area (Å²) in [7, 11) is 3.72. The molecule has 0 fully saturated rings. The fraction of sp³-hybridized carbons (Fsp3) is 0.333. The van der Waals surface area contributed by atoms with Crippen LogP contribution in [0.2, 0.25) is 0 Å². The molecule has 1 amide bonds. The Labute approximate surface area is 159 Å². The van der Waals surface area contributed by atoms with E-state index in [0.29, 0.717) is 22.6 Å². The molecule has 0 aliphatic rings. The van der Waals surface area contributed by atoms with E-state index in [0.717, 1.165) is 10.2 Å². The van der Waals surface area contributed by atoms with Gasteiger partial charge in [-0.3, -0.25) is 4.79 Å². The van der Waals surface area contributed by atoms with Crippen molar-refractivity contribution in [2.45, 2.75) is 26.4 Å². The average molecular weight is 392 g/mol. The van der Waals surface area contributed by atoms with Crippen LogP contribution in [0.1, 0.15) is 22.8 Å². The molecule has 7 nitrogen and oxygen atoms in total. The number of amides is 1. The number of aryl methyl sites for hydroxylation is 2. The van der Waals surface area contributed by atoms with Crippen LogP contribution in [0.5, 0.6) is 0 Å². The van der Waals surface area contributed by atoms with Crippen LogP contribution in [0.25, 0.3) is 5.78 Å². The number of nitrogens with zero attached hydrogens (tertiary/aromatic N) is 5. The van der Waals surface area contributed by atoms with Crippen LogP contribution >= 0.6 is 0 Å². The third-order valence-corrected chi connectivity index (χ3v) is 4.30. The van der Waals surface area contributed by atoms with E-state index in [1.54, 1.807) is 26.0 Å². The predicted molar refractivity (Wildman–Crippen MR) is 98.4 cm³/mol. The molecule has 0 radical (unpaired) electrons. The van der Waals surface area contributed by atoms with Crippen molar-refractivity contribution in [1.29, 1.82) is 0 Å². The fourth-order valence-corrected chi connectivity index (χ4v) is 2.91. The smallest absolute Gasteiger partial charge is 0.376 e. The van der Waals surface area contributed by atoms with Gasteiger partial charge in [0, 0.05) is 31.0 Å². The Morgan fingerprint density at radius 3 is 2.50 bits per heavy atom. The molecule has 0 atom stereocenters. The monoisotopic (exact) mass is 392 g/mol. The molecule has 148 valence electrons. The van der Waals surface area contributed by atoms with E-state index < -0.39 is 12.0 Å². The third-order valence-electron chi connectivity index (χ3n) is 4.30. The van der Waals surface area contributed by atoms with Gasteiger partial charge in [0.1, 0.15) is 0 Å². The lowest BCUT2D eigenvalue weighted by Gasteiger charge is -2.18. The zero-order valence-electron chi connectivity index (χ0n) is 15.8. The molecule has 10 heteroatoms. The predicted octanol–water partition coefficient (Wildman–Crippen LogP) is 3.01. The van der Waals surface area contributed by atoms with Crippen molar-refractivity contribution < 1.29 is 18.0 Å². The van der Waals surface area contributed by atoms with Crippen LogP contribution in [0, 0.1) is 13.8 Å². The quantitative estimate of drug-likeness (QED) is 0.739. The molecule has 0 aliphatic carbocycles. The van der Waals surface area contributed by atoms with Gasteiger partial charge in [-0.15, -0.1) is 5.10 Å². The maximum absolute atomic E-state index is 12.9. The van der Waals surface area contributed by atoms with Crippen LogP contribution in [0.4, 0.5) is 24.5 Å². The molecule has 0 bridgehead atoms. The van der Waals surface area contributed by atoms with Crippen LogP contribution in [-0.4, -0.2) is 39.6 Å². The van der Waals surface area contributed by atoms with Crippen molar-refractivity contribution in [3.05, 3.63) is 47.0 Å². The minimum Gasteiger partial charge on any atom is -0.376 e. The van der Waals surface area contributed by atoms with Crippen molar-refractivity contribution >= 4 is 23.1 Å². The first kappa shape index (κ1) is 19.6. The number of hydrogen-bond acceptors (Lipinski definition) is 5. The molecule has 28 heavy (non-hydrogen) atoms. The maximum Gasteiger partial charge on any atom is 0.453 e. The minimum absolute atomic E-state index is 0.0520. The van der Waals surface area contributed by atoms with Gasteiger partial charge in [-0.1, -0.05) is 12.1 Å². The number of alkyl halides is 3. The van der Waals surface area contributed by atoms with E-state index in [1.165, 1.54) is 0 Å². The van der Waals surface area contributed by atoms with Crippen LogP contribution < -0.4 is 10.2 Å². The lowest BCUT2D eigenvalue weighted by molar-refractivity contribution is -0.144. The third kappa shape index (κ3) is 3.75. The Balaban J connectivity index is 1.91. The first-order chi connectivity index (χ1) is 13.1. The number of aromatic nitrogens is 4. The molecule has 0 saturated carbocycles. The number of para-hydroxylation sites is 2. The molecule has 0 spiro atoms. The number of carbonyl (C=O) groups excluding carboxylic acids is 1. The SMILES string of the molecule is Cc1nc2nc(C(F)(F)F)nn2c(C)c1CC(=O)Nc1ccccc1N(C)C. The largest absolute Gasteiger partial charge is 0.453 e. The van der Waals surface area contributed by atoms with E-state index in [-0.39, 0.29) is 18.1 Å². The number of fused-ring (bicyclic) bond motifs is 1. The highest BCUT2D eigenvalue weighted by Gasteiger charge is 2.37. The lowest BCUT2D eigenvalue weighted by Crippen LogP contribution is -2.20. The molecule has 0 aliphatic heterocycles. The van der Waals surface area contributed by atoms with Gasteiger partial charge in [-0.25, -0.2) is 9.50 Å². The molecule has 2 aromatic heterocycles. The number of carbonyl (C=O) groups is 1. The highest BCUT2D eigenvalue weighted by atomic mass is 19.4. The first-order valence-electron chi connectivity index (χ1n) is 8.44. The number of benzene rings is 1. The van der Waals surface area contributed by atoms with Crippen molar-refractivity contribution in [3.8, 4) is 0 Å². The highest BCUT2D eigenvalue weighted by Crippen LogP contribution is 2.27. The second-order valence-electron chi connectivity index (χ2n) is 6.54. The van der Waals surface area contributed by atoms with Gasteiger partial charge in [0.05, 0.1) is 17.8 Å². The zero-order chi connectivity index (χ0) is 20.6. The standard InChI is InChI=1S/C18H19F3N6O/c1-10-12(9-15(28)23-13-7-5-6-8-14(13)26(3)4)11(2)27-17(22-10)24-16(25-27)18(19,20)21/h5-8H,9H2,1-4H3,(H,23,28). The topological polar surface area (TPSA) is 75.4 Å². The number of halogens is 3. The van der Waals surface area contributed by atoms with Gasteiger partial charge >= 0.3 is 6.18 Å². The molecule has 0 saturated heterocycles. The molecule has 3 rings (SSSR count). The molecule has 1 aromatic carbocycles. The zero-order valence-corrected chi connectivity index (χ0v) is 15.8. The van der Waals surface area contributed by atoms with E-state index in [2.05, 4.69) is 20.4 Å². The van der Waals surface area contributed by atoms with Gasteiger partial charge in [0.2, 0.25) is 5.91 Å². The van der Waals surface area contributed by atoms with Crippen molar-refractivity contribution in [2.24, 2.45) is 0 Å². The summed E-state index contributed by atoms with van der Waals surface area (Å²) in [5.74, 6) is -1.72. The van der Waals surface area contributed by atoms with E-state index >= 15 is 0 Å². The van der Waals surface area contributed by atoms with Gasteiger partial charge in [0.25, 0.3) is 11.6 Å². The van der Waals surface area contributed by atoms with E-state index in [1.807, 2.05) is 31.1 Å². The summed E-state index contributed by atoms with van der Waals surface area (Å²) < 4.78 is 39.7. The number of nitrogens with one attached hydrogen (secondary N) is 1. The summed E-state index contributed by atoms with van der Waals surface area (Å²) in [4.78, 5) is 22.0. The molecular formula is C18H19F3N6O. The molecule has 1 N–H and O–H groups in total. The summed E-state index contributed by atoms with van der Waals surface area (Å²) in [6.45, 7) is 3.22. The van der Waals surface area contributed by atoms with Crippen molar-refractivity contribution in [3.63, 3.8) is 0 Å². The van der Waals surface area contributed by atoms with Gasteiger partial charge in [-0.2, -0.15) is 18.2 Å². The van der Waals surface area contributed by atoms with Crippen molar-refractivity contribution in [1.82, 2.24) is 19.6 Å². The van der Waals surface area contributed by atoms with E-state index in [4.69, 9.17) is 0 Å². The molecule has 2 heterocycles. The normalized spacial score (nSPS) is 11.7. The fourth-order valence-electron chi connectivity index (χ4n) is 2.91. The van der Waals surface area contributed by atoms with E-state index in [9.17, 15) is 18.0 Å². The van der Waals surface area contributed by atoms with Crippen LogP contribution in [0.15, 0.2) is 24.3 Å². The Morgan fingerprint density at radius 2 is 1.86 bits per heavy atom. The molecule has 0 unspecified atom stereocenters. The van der Waals surface area contributed by atoms with Gasteiger partial charge < -0.3 is 10.2 Å². The second-order valence-corrected chi connectivity index (χ2v) is 6.54. The summed E-state index contributed by atoms with van der Waals surface area (Å²) in [6.07, 6.45) is -4.72. The summed E-state index contributed by atoms with van der Waals surface area (Å²) in [5, 5.41) is 6.33. The van der Waals surface area contributed by atoms with Gasteiger partial charge in [0.15, 0.2) is 0 Å². The summed E-state index contributed by atoms with van der Waals surface area (Å²) in [6, 6.07) is 7.32. The molecule has 3 aromatic rings. The number of hydrogen-bond donors (Lipinski definition) is 1. The Kier molecular flexibility index (Phi) is 4.97. The second kappa shape index (κ2) is 7.10. The number of rotatable bonds is 4. The highest BCUT2D eigenvalue weighted by molar-refractivity contribution is 5.95. The first-order valence-corrected chi connectivity index (χ1v) is 8.44. The molecular weight excluding hydrogens is 373 g/mol. The minimum atomic E-state index is -4.67. The van der Waals surface area contributed by atoms with Gasteiger partial charge in [-0.05, 0) is 26.0 Å².